The van der Waals surface area contributed by atoms with Crippen LogP contribution in [-0.2, 0) is 20.9 Å². The first-order valence-electron chi connectivity index (χ1n) is 7.44. The highest BCUT2D eigenvalue weighted by Crippen LogP contribution is 2.15. The zero-order valence-corrected chi connectivity index (χ0v) is 13.4. The Hall–Kier alpha value is -3.56. The summed E-state index contributed by atoms with van der Waals surface area (Å²) in [4.78, 5) is 45.3. The number of benzene rings is 1. The van der Waals surface area contributed by atoms with E-state index >= 15 is 0 Å². The Morgan fingerprint density at radius 3 is 2.31 bits per heavy atom. The van der Waals surface area contributed by atoms with Crippen molar-refractivity contribution >= 4 is 17.8 Å². The van der Waals surface area contributed by atoms with E-state index in [1.807, 2.05) is 0 Å². The fraction of sp³-hybridized carbons (Fsp3) is 0.188. The largest absolute Gasteiger partial charge is 0.480 e. The lowest BCUT2D eigenvalue weighted by molar-refractivity contribution is -0.137. The van der Waals surface area contributed by atoms with Crippen LogP contribution >= 0.6 is 0 Å². The molecule has 10 heteroatoms. The van der Waals surface area contributed by atoms with Crippen molar-refractivity contribution < 1.29 is 23.9 Å². The highest BCUT2D eigenvalue weighted by molar-refractivity contribution is 5.86. The smallest absolute Gasteiger partial charge is 0.322 e. The number of amides is 2. The highest BCUT2D eigenvalue weighted by atomic mass is 19.1. The second-order valence-electron chi connectivity index (χ2n) is 5.17. The maximum atomic E-state index is 13.0. The molecule has 0 aliphatic rings. The molecule has 0 fully saturated rings. The summed E-state index contributed by atoms with van der Waals surface area (Å²) in [6.45, 7) is -1.42. The molecule has 2 aromatic rings. The van der Waals surface area contributed by atoms with Gasteiger partial charge in [0, 0.05) is 11.6 Å². The monoisotopic (exact) mass is 362 g/mol. The number of nitrogens with one attached hydrogen (secondary N) is 2. The Balaban J connectivity index is 2.00. The second-order valence-corrected chi connectivity index (χ2v) is 5.17. The predicted octanol–water partition coefficient (Wildman–Crippen LogP) is -0.634. The zero-order chi connectivity index (χ0) is 19.1. The topological polar surface area (TPSA) is 130 Å². The van der Waals surface area contributed by atoms with Crippen LogP contribution in [0.3, 0.4) is 0 Å². The number of nitrogens with zero attached hydrogens (tertiary/aromatic N) is 2. The third-order valence-corrected chi connectivity index (χ3v) is 3.18. The molecule has 1 aromatic carbocycles. The van der Waals surface area contributed by atoms with Gasteiger partial charge >= 0.3 is 5.97 Å². The molecule has 2 amide bonds. The lowest BCUT2D eigenvalue weighted by atomic mass is 10.1. The average molecular weight is 362 g/mol. The summed E-state index contributed by atoms with van der Waals surface area (Å²) in [5.41, 5.74) is 0.409. The quantitative estimate of drug-likeness (QED) is 0.601. The Kier molecular flexibility index (Phi) is 6.15. The number of hydrogen-bond donors (Lipinski definition) is 3. The van der Waals surface area contributed by atoms with Gasteiger partial charge in [0.05, 0.1) is 12.2 Å². The van der Waals surface area contributed by atoms with Crippen molar-refractivity contribution in [3.63, 3.8) is 0 Å². The number of aromatic nitrogens is 2. The van der Waals surface area contributed by atoms with Gasteiger partial charge in [-0.1, -0.05) is 0 Å². The van der Waals surface area contributed by atoms with Gasteiger partial charge < -0.3 is 15.7 Å². The third-order valence-electron chi connectivity index (χ3n) is 3.18. The molecular formula is C16H15FN4O5. The lowest BCUT2D eigenvalue weighted by Gasteiger charge is -2.08. The van der Waals surface area contributed by atoms with Gasteiger partial charge in [-0.15, -0.1) is 0 Å². The van der Waals surface area contributed by atoms with Gasteiger partial charge in [0.1, 0.15) is 18.9 Å². The molecular weight excluding hydrogens is 347 g/mol. The van der Waals surface area contributed by atoms with E-state index in [4.69, 9.17) is 5.11 Å². The van der Waals surface area contributed by atoms with E-state index in [0.717, 1.165) is 4.68 Å². The summed E-state index contributed by atoms with van der Waals surface area (Å²) >= 11 is 0. The minimum Gasteiger partial charge on any atom is -0.480 e. The Labute approximate surface area is 146 Å². The molecule has 0 aliphatic heterocycles. The number of aliphatic carboxylic acids is 1. The van der Waals surface area contributed by atoms with Gasteiger partial charge in [-0.25, -0.2) is 9.07 Å². The number of rotatable bonds is 7. The van der Waals surface area contributed by atoms with Gasteiger partial charge in [0.25, 0.3) is 5.56 Å². The molecule has 1 aromatic heterocycles. The van der Waals surface area contributed by atoms with Crippen molar-refractivity contribution in [3.05, 3.63) is 52.6 Å². The van der Waals surface area contributed by atoms with E-state index < -0.39 is 48.8 Å². The van der Waals surface area contributed by atoms with E-state index in [1.165, 1.54) is 36.4 Å². The Bertz CT molecular complexity index is 879. The fourth-order valence-corrected chi connectivity index (χ4v) is 1.94. The first-order valence-corrected chi connectivity index (χ1v) is 7.44. The van der Waals surface area contributed by atoms with Gasteiger partial charge in [-0.3, -0.25) is 19.2 Å². The van der Waals surface area contributed by atoms with Crippen molar-refractivity contribution in [1.29, 1.82) is 0 Å². The van der Waals surface area contributed by atoms with Crippen LogP contribution in [-0.4, -0.2) is 45.8 Å². The van der Waals surface area contributed by atoms with Crippen LogP contribution in [0, 0.1) is 5.82 Å². The third kappa shape index (κ3) is 5.51. The van der Waals surface area contributed by atoms with Gasteiger partial charge in [0.15, 0.2) is 0 Å². The number of hydrogen-bond acceptors (Lipinski definition) is 5. The van der Waals surface area contributed by atoms with Gasteiger partial charge in [0.2, 0.25) is 11.8 Å². The van der Waals surface area contributed by atoms with Crippen molar-refractivity contribution in [1.82, 2.24) is 20.4 Å². The highest BCUT2D eigenvalue weighted by Gasteiger charge is 2.10. The minimum absolute atomic E-state index is 0.372. The standard InChI is InChI=1S/C16H15FN4O5/c17-11-3-1-10(2-4-11)12-5-6-15(24)21(20-12)9-14(23)18-7-13(22)19-8-16(25)26/h1-6H,7-9H2,(H,18,23)(H,19,22)(H,25,26). The normalized spacial score (nSPS) is 10.2. The maximum Gasteiger partial charge on any atom is 0.322 e. The summed E-state index contributed by atoms with van der Waals surface area (Å²) in [5.74, 6) is -2.96. The molecule has 0 atom stereocenters. The van der Waals surface area contributed by atoms with Crippen LogP contribution in [0.5, 0.6) is 0 Å². The van der Waals surface area contributed by atoms with Crippen LogP contribution in [0.4, 0.5) is 4.39 Å². The first kappa shape index (κ1) is 18.8. The van der Waals surface area contributed by atoms with E-state index in [1.54, 1.807) is 0 Å². The molecule has 0 spiro atoms. The summed E-state index contributed by atoms with van der Waals surface area (Å²) in [7, 11) is 0. The first-order chi connectivity index (χ1) is 12.3. The average Bonchev–Trinajstić information content (AvgIpc) is 2.61. The van der Waals surface area contributed by atoms with Crippen molar-refractivity contribution in [3.8, 4) is 11.3 Å². The fourth-order valence-electron chi connectivity index (χ4n) is 1.94. The number of carboxylic acid groups (broad SMARTS) is 1. The Morgan fingerprint density at radius 2 is 1.65 bits per heavy atom. The molecule has 136 valence electrons. The van der Waals surface area contributed by atoms with E-state index in [0.29, 0.717) is 11.3 Å². The number of carbonyl (C=O) groups is 3. The van der Waals surface area contributed by atoms with Crippen LogP contribution in [0.2, 0.25) is 0 Å². The molecule has 1 heterocycles. The molecule has 9 nitrogen and oxygen atoms in total. The summed E-state index contributed by atoms with van der Waals surface area (Å²) in [6.07, 6.45) is 0. The van der Waals surface area contributed by atoms with E-state index in [9.17, 15) is 23.6 Å². The van der Waals surface area contributed by atoms with E-state index in [-0.39, 0.29) is 0 Å². The summed E-state index contributed by atoms with van der Waals surface area (Å²) in [6, 6.07) is 8.13. The molecule has 0 aliphatic carbocycles. The molecule has 0 unspecified atom stereocenters. The lowest BCUT2D eigenvalue weighted by Crippen LogP contribution is -2.41. The summed E-state index contributed by atoms with van der Waals surface area (Å²) < 4.78 is 13.9. The number of carboxylic acids is 1. The maximum absolute atomic E-state index is 13.0. The predicted molar refractivity (Wildman–Crippen MR) is 87.5 cm³/mol. The summed E-state index contributed by atoms with van der Waals surface area (Å²) in [5, 5.41) is 16.8. The van der Waals surface area contributed by atoms with Crippen LogP contribution in [0.1, 0.15) is 0 Å². The molecule has 3 N–H and O–H groups in total. The van der Waals surface area contributed by atoms with E-state index in [2.05, 4.69) is 15.7 Å². The van der Waals surface area contributed by atoms with Gasteiger partial charge in [-0.2, -0.15) is 5.10 Å². The van der Waals surface area contributed by atoms with Crippen molar-refractivity contribution in [2.24, 2.45) is 0 Å². The molecule has 0 radical (unpaired) electrons. The van der Waals surface area contributed by atoms with Crippen molar-refractivity contribution in [2.45, 2.75) is 6.54 Å². The Morgan fingerprint density at radius 1 is 1.00 bits per heavy atom. The molecule has 2 rings (SSSR count). The molecule has 26 heavy (non-hydrogen) atoms. The van der Waals surface area contributed by atoms with Crippen LogP contribution in [0.25, 0.3) is 11.3 Å². The second kappa shape index (κ2) is 8.51. The van der Waals surface area contributed by atoms with Gasteiger partial charge in [-0.05, 0) is 30.3 Å². The zero-order valence-electron chi connectivity index (χ0n) is 13.4. The van der Waals surface area contributed by atoms with Crippen molar-refractivity contribution in [2.75, 3.05) is 13.1 Å². The molecule has 0 saturated heterocycles. The van der Waals surface area contributed by atoms with Crippen LogP contribution < -0.4 is 16.2 Å². The molecule has 0 bridgehead atoms. The van der Waals surface area contributed by atoms with Crippen LogP contribution in [0.15, 0.2) is 41.2 Å². The molecule has 0 saturated carbocycles. The SMILES string of the molecule is O=C(O)CNC(=O)CNC(=O)Cn1nc(-c2ccc(F)cc2)ccc1=O. The minimum atomic E-state index is -1.21. The number of carbonyl (C=O) groups excluding carboxylic acids is 2. The number of halogens is 1.